The van der Waals surface area contributed by atoms with E-state index < -0.39 is 0 Å². The van der Waals surface area contributed by atoms with E-state index in [-0.39, 0.29) is 0 Å². The summed E-state index contributed by atoms with van der Waals surface area (Å²) in [7, 11) is 1.63. The predicted molar refractivity (Wildman–Crippen MR) is 89.8 cm³/mol. The van der Waals surface area contributed by atoms with E-state index in [1.807, 2.05) is 59.2 Å². The van der Waals surface area contributed by atoms with Gasteiger partial charge in [-0.25, -0.2) is 4.98 Å². The summed E-state index contributed by atoms with van der Waals surface area (Å²) in [5, 5.41) is 0.735. The Labute approximate surface area is 139 Å². The molecule has 0 aliphatic rings. The number of halogens is 2. The number of rotatable bonds is 4. The highest BCUT2D eigenvalue weighted by atomic mass is 35.5. The molecular weight excluding hydrogens is 319 g/mol. The Balaban J connectivity index is 2.06. The molecule has 0 N–H and O–H groups in total. The van der Waals surface area contributed by atoms with Gasteiger partial charge in [0.25, 0.3) is 0 Å². The number of hydrogen-bond acceptors (Lipinski definition) is 2. The van der Waals surface area contributed by atoms with Gasteiger partial charge in [0.1, 0.15) is 16.7 Å². The highest BCUT2D eigenvalue weighted by Crippen LogP contribution is 2.31. The van der Waals surface area contributed by atoms with E-state index in [0.29, 0.717) is 16.9 Å². The second-order valence-corrected chi connectivity index (χ2v) is 5.54. The van der Waals surface area contributed by atoms with E-state index in [1.165, 1.54) is 0 Å². The van der Waals surface area contributed by atoms with Crippen molar-refractivity contribution in [3.05, 3.63) is 70.5 Å². The van der Waals surface area contributed by atoms with Crippen LogP contribution in [0, 0.1) is 0 Å². The smallest absolute Gasteiger partial charge is 0.166 e. The van der Waals surface area contributed by atoms with Gasteiger partial charge in [-0.05, 0) is 17.7 Å². The lowest BCUT2D eigenvalue weighted by atomic mass is 10.2. The SMILES string of the molecule is COc1cccc(-c2nc(Cl)c(Cl)n2Cc2ccccc2)c1. The Morgan fingerprint density at radius 2 is 1.82 bits per heavy atom. The van der Waals surface area contributed by atoms with Gasteiger partial charge in [-0.2, -0.15) is 0 Å². The lowest BCUT2D eigenvalue weighted by Crippen LogP contribution is -2.02. The minimum atomic E-state index is 0.301. The predicted octanol–water partition coefficient (Wildman–Crippen LogP) is 4.91. The van der Waals surface area contributed by atoms with Crippen LogP contribution >= 0.6 is 23.2 Å². The number of hydrogen-bond donors (Lipinski definition) is 0. The molecule has 0 aliphatic heterocycles. The molecule has 0 radical (unpaired) electrons. The second-order valence-electron chi connectivity index (χ2n) is 4.82. The summed E-state index contributed by atoms with van der Waals surface area (Å²) in [5.41, 5.74) is 2.03. The lowest BCUT2D eigenvalue weighted by Gasteiger charge is -2.10. The fourth-order valence-corrected chi connectivity index (χ4v) is 2.66. The van der Waals surface area contributed by atoms with Crippen LogP contribution in [-0.2, 0) is 6.54 Å². The third kappa shape index (κ3) is 2.96. The Morgan fingerprint density at radius 1 is 1.05 bits per heavy atom. The highest BCUT2D eigenvalue weighted by molar-refractivity contribution is 6.40. The third-order valence-electron chi connectivity index (χ3n) is 3.38. The van der Waals surface area contributed by atoms with Gasteiger partial charge in [-0.3, -0.25) is 0 Å². The van der Waals surface area contributed by atoms with Crippen LogP contribution in [0.15, 0.2) is 54.6 Å². The van der Waals surface area contributed by atoms with Gasteiger partial charge >= 0.3 is 0 Å². The fraction of sp³-hybridized carbons (Fsp3) is 0.118. The summed E-state index contributed by atoms with van der Waals surface area (Å²) in [6, 6.07) is 17.7. The van der Waals surface area contributed by atoms with Crippen LogP contribution < -0.4 is 4.74 Å². The van der Waals surface area contributed by atoms with Crippen molar-refractivity contribution in [2.24, 2.45) is 0 Å². The van der Waals surface area contributed by atoms with Crippen molar-refractivity contribution in [1.82, 2.24) is 9.55 Å². The standard InChI is InChI=1S/C17H14Cl2N2O/c1-22-14-9-5-8-13(10-14)17-20-15(18)16(19)21(17)11-12-6-3-2-4-7-12/h2-10H,11H2,1H3. The molecule has 3 rings (SSSR count). The molecule has 2 aromatic carbocycles. The van der Waals surface area contributed by atoms with Crippen molar-refractivity contribution in [1.29, 1.82) is 0 Å². The summed E-state index contributed by atoms with van der Waals surface area (Å²) < 4.78 is 7.17. The normalized spacial score (nSPS) is 10.7. The fourth-order valence-electron chi connectivity index (χ4n) is 2.30. The van der Waals surface area contributed by atoms with Gasteiger partial charge in [-0.1, -0.05) is 65.7 Å². The van der Waals surface area contributed by atoms with E-state index in [4.69, 9.17) is 27.9 Å². The average Bonchev–Trinajstić information content (AvgIpc) is 2.84. The summed E-state index contributed by atoms with van der Waals surface area (Å²) in [6.45, 7) is 0.603. The molecule has 1 heterocycles. The zero-order valence-corrected chi connectivity index (χ0v) is 13.5. The van der Waals surface area contributed by atoms with Crippen LogP contribution in [-0.4, -0.2) is 16.7 Å². The zero-order chi connectivity index (χ0) is 15.5. The Kier molecular flexibility index (Phi) is 4.36. The summed E-state index contributed by atoms with van der Waals surface area (Å²) >= 11 is 12.5. The first-order valence-corrected chi connectivity index (χ1v) is 7.54. The van der Waals surface area contributed by atoms with Crippen molar-refractivity contribution >= 4 is 23.2 Å². The van der Waals surface area contributed by atoms with E-state index in [9.17, 15) is 0 Å². The molecule has 0 fully saturated rings. The van der Waals surface area contributed by atoms with Crippen molar-refractivity contribution in [3.63, 3.8) is 0 Å². The van der Waals surface area contributed by atoms with Crippen LogP contribution in [0.5, 0.6) is 5.75 Å². The number of benzene rings is 2. The first-order chi connectivity index (χ1) is 10.7. The minimum Gasteiger partial charge on any atom is -0.497 e. The van der Waals surface area contributed by atoms with E-state index in [2.05, 4.69) is 4.98 Å². The van der Waals surface area contributed by atoms with Crippen molar-refractivity contribution in [2.45, 2.75) is 6.54 Å². The zero-order valence-electron chi connectivity index (χ0n) is 12.0. The van der Waals surface area contributed by atoms with Gasteiger partial charge in [0.05, 0.1) is 13.7 Å². The van der Waals surface area contributed by atoms with Gasteiger partial charge in [-0.15, -0.1) is 0 Å². The number of aromatic nitrogens is 2. The molecule has 0 saturated heterocycles. The average molecular weight is 333 g/mol. The number of nitrogens with zero attached hydrogens (tertiary/aromatic N) is 2. The van der Waals surface area contributed by atoms with Crippen molar-refractivity contribution in [2.75, 3.05) is 7.11 Å². The number of methoxy groups -OCH3 is 1. The maximum absolute atomic E-state index is 6.32. The van der Waals surface area contributed by atoms with Gasteiger partial charge in [0.15, 0.2) is 5.15 Å². The first kappa shape index (κ1) is 14.9. The second kappa shape index (κ2) is 6.42. The molecule has 5 heteroatoms. The van der Waals surface area contributed by atoms with E-state index in [0.717, 1.165) is 22.7 Å². The molecule has 0 aliphatic carbocycles. The van der Waals surface area contributed by atoms with Crippen molar-refractivity contribution < 1.29 is 4.74 Å². The van der Waals surface area contributed by atoms with Crippen molar-refractivity contribution in [3.8, 4) is 17.1 Å². The summed E-state index contributed by atoms with van der Waals surface area (Å²) in [4.78, 5) is 4.39. The largest absolute Gasteiger partial charge is 0.497 e. The maximum atomic E-state index is 6.32. The molecule has 0 spiro atoms. The highest BCUT2D eigenvalue weighted by Gasteiger charge is 2.16. The third-order valence-corrected chi connectivity index (χ3v) is 4.12. The molecule has 1 aromatic heterocycles. The molecule has 0 unspecified atom stereocenters. The molecular formula is C17H14Cl2N2O. The van der Waals surface area contributed by atoms with Crippen LogP contribution in [0.2, 0.25) is 10.3 Å². The maximum Gasteiger partial charge on any atom is 0.166 e. The first-order valence-electron chi connectivity index (χ1n) is 6.79. The van der Waals surface area contributed by atoms with Crippen LogP contribution in [0.3, 0.4) is 0 Å². The van der Waals surface area contributed by atoms with Gasteiger partial charge in [0, 0.05) is 5.56 Å². The minimum absolute atomic E-state index is 0.301. The summed E-state index contributed by atoms with van der Waals surface area (Å²) in [6.07, 6.45) is 0. The quantitative estimate of drug-likeness (QED) is 0.678. The Morgan fingerprint density at radius 3 is 2.55 bits per heavy atom. The molecule has 0 bridgehead atoms. The molecule has 3 aromatic rings. The van der Waals surface area contributed by atoms with Crippen LogP contribution in [0.25, 0.3) is 11.4 Å². The molecule has 0 atom stereocenters. The van der Waals surface area contributed by atoms with Gasteiger partial charge in [0.2, 0.25) is 0 Å². The van der Waals surface area contributed by atoms with E-state index in [1.54, 1.807) is 7.11 Å². The molecule has 0 amide bonds. The monoisotopic (exact) mass is 332 g/mol. The molecule has 22 heavy (non-hydrogen) atoms. The van der Waals surface area contributed by atoms with E-state index >= 15 is 0 Å². The molecule has 3 nitrogen and oxygen atoms in total. The lowest BCUT2D eigenvalue weighted by molar-refractivity contribution is 0.415. The number of imidazole rings is 1. The topological polar surface area (TPSA) is 27.1 Å². The number of ether oxygens (including phenoxy) is 1. The molecule has 0 saturated carbocycles. The molecule has 112 valence electrons. The Bertz CT molecular complexity index is 785. The Hall–Kier alpha value is -1.97. The summed E-state index contributed by atoms with van der Waals surface area (Å²) in [5.74, 6) is 1.48. The van der Waals surface area contributed by atoms with Gasteiger partial charge < -0.3 is 9.30 Å². The van der Waals surface area contributed by atoms with Crippen LogP contribution in [0.1, 0.15) is 5.56 Å². The van der Waals surface area contributed by atoms with Crippen LogP contribution in [0.4, 0.5) is 0 Å².